The van der Waals surface area contributed by atoms with Crippen molar-refractivity contribution in [2.45, 2.75) is 33.6 Å². The molecule has 188 valence electrons. The molecule has 0 unspecified atom stereocenters. The number of amides is 2. The Morgan fingerprint density at radius 1 is 0.857 bits per heavy atom. The molecule has 2 rings (SSSR count). The number of thiocarbonyl (C=S) groups is 1. The Morgan fingerprint density at radius 2 is 1.46 bits per heavy atom. The van der Waals surface area contributed by atoms with E-state index in [1.807, 2.05) is 6.92 Å². The third-order valence-electron chi connectivity index (χ3n) is 4.52. The van der Waals surface area contributed by atoms with Crippen molar-refractivity contribution in [3.8, 4) is 11.5 Å². The lowest BCUT2D eigenvalue weighted by Crippen LogP contribution is -2.49. The maximum absolute atomic E-state index is 12.3. The molecule has 0 saturated heterocycles. The highest BCUT2D eigenvalue weighted by Gasteiger charge is 2.10. The van der Waals surface area contributed by atoms with E-state index in [0.717, 1.165) is 12.8 Å². The largest absolute Gasteiger partial charge is 0.494 e. The quantitative estimate of drug-likeness (QED) is 0.244. The number of esters is 1. The molecule has 0 saturated carbocycles. The van der Waals surface area contributed by atoms with Crippen molar-refractivity contribution in [1.29, 1.82) is 0 Å². The fourth-order valence-electron chi connectivity index (χ4n) is 2.60. The van der Waals surface area contributed by atoms with E-state index < -0.39 is 17.8 Å². The van der Waals surface area contributed by atoms with Gasteiger partial charge in [-0.05, 0) is 79.5 Å². The topological polar surface area (TPSA) is 115 Å². The molecule has 0 heterocycles. The molecule has 0 aromatic heterocycles. The fraction of sp³-hybridized carbons (Fsp3) is 0.360. The van der Waals surface area contributed by atoms with E-state index >= 15 is 0 Å². The Kier molecular flexibility index (Phi) is 11.5. The van der Waals surface area contributed by atoms with Gasteiger partial charge in [0.05, 0.1) is 18.8 Å². The normalized spacial score (nSPS) is 10.3. The molecule has 0 spiro atoms. The van der Waals surface area contributed by atoms with Crippen LogP contribution in [0.1, 0.15) is 54.3 Å². The number of hydrazine groups is 1. The zero-order valence-corrected chi connectivity index (χ0v) is 20.9. The molecule has 2 aromatic rings. The molecule has 0 fully saturated rings. The molecule has 0 radical (unpaired) electrons. The van der Waals surface area contributed by atoms with Gasteiger partial charge in [0.2, 0.25) is 0 Å². The molecule has 9 nitrogen and oxygen atoms in total. The summed E-state index contributed by atoms with van der Waals surface area (Å²) in [7, 11) is 0. The number of carbonyl (C=O) groups is 3. The van der Waals surface area contributed by atoms with Gasteiger partial charge in [-0.3, -0.25) is 25.8 Å². The minimum atomic E-state index is -0.518. The van der Waals surface area contributed by atoms with Crippen LogP contribution in [-0.4, -0.2) is 42.7 Å². The van der Waals surface area contributed by atoms with Crippen LogP contribution >= 0.6 is 12.2 Å². The average molecular weight is 502 g/mol. The summed E-state index contributed by atoms with van der Waals surface area (Å²) >= 11 is 5.04. The van der Waals surface area contributed by atoms with E-state index in [1.165, 1.54) is 0 Å². The number of hydrogen-bond acceptors (Lipinski definition) is 7. The molecule has 10 heteroatoms. The molecule has 3 N–H and O–H groups in total. The van der Waals surface area contributed by atoms with Gasteiger partial charge in [0.15, 0.2) is 11.7 Å². The maximum atomic E-state index is 12.3. The molecule has 0 aliphatic rings. The van der Waals surface area contributed by atoms with Crippen LogP contribution < -0.4 is 25.6 Å². The van der Waals surface area contributed by atoms with Crippen LogP contribution in [0.4, 0.5) is 0 Å². The van der Waals surface area contributed by atoms with Gasteiger partial charge in [-0.1, -0.05) is 20.8 Å². The Hall–Kier alpha value is -3.66. The first-order valence-corrected chi connectivity index (χ1v) is 11.7. The highest BCUT2D eigenvalue weighted by Crippen LogP contribution is 2.14. The Morgan fingerprint density at radius 3 is 2.06 bits per heavy atom. The molecule has 35 heavy (non-hydrogen) atoms. The van der Waals surface area contributed by atoms with Crippen molar-refractivity contribution in [2.75, 3.05) is 19.8 Å². The standard InChI is InChI=1S/C25H31N3O6S/c1-4-14-33-24(31)19-7-11-21(12-8-19)34-16-22(29)27-28-25(35)26-23(30)18-5-9-20(10-6-18)32-15-13-17(2)3/h5-12,17H,4,13-16H2,1-3H3,(H,27,29)(H2,26,28,30,35). The lowest BCUT2D eigenvalue weighted by molar-refractivity contribution is -0.123. The van der Waals surface area contributed by atoms with Crippen LogP contribution in [0.3, 0.4) is 0 Å². The third kappa shape index (κ3) is 10.4. The van der Waals surface area contributed by atoms with Crippen LogP contribution in [-0.2, 0) is 9.53 Å². The van der Waals surface area contributed by atoms with E-state index in [-0.39, 0.29) is 11.7 Å². The molecule has 0 bridgehead atoms. The van der Waals surface area contributed by atoms with Gasteiger partial charge in [-0.15, -0.1) is 0 Å². The predicted octanol–water partition coefficient (Wildman–Crippen LogP) is 3.39. The lowest BCUT2D eigenvalue weighted by atomic mass is 10.1. The van der Waals surface area contributed by atoms with E-state index in [4.69, 9.17) is 26.4 Å². The minimum absolute atomic E-state index is 0.0736. The average Bonchev–Trinajstić information content (AvgIpc) is 2.85. The summed E-state index contributed by atoms with van der Waals surface area (Å²) in [5.41, 5.74) is 5.57. The highest BCUT2D eigenvalue weighted by molar-refractivity contribution is 7.80. The molecule has 0 atom stereocenters. The van der Waals surface area contributed by atoms with Gasteiger partial charge in [0.25, 0.3) is 11.8 Å². The number of nitrogens with one attached hydrogen (secondary N) is 3. The van der Waals surface area contributed by atoms with E-state index in [2.05, 4.69) is 30.0 Å². The van der Waals surface area contributed by atoms with Gasteiger partial charge in [-0.25, -0.2) is 4.79 Å². The Labute approximate surface area is 210 Å². The van der Waals surface area contributed by atoms with Crippen molar-refractivity contribution < 1.29 is 28.6 Å². The van der Waals surface area contributed by atoms with Crippen LogP contribution in [0.25, 0.3) is 0 Å². The Bertz CT molecular complexity index is 993. The van der Waals surface area contributed by atoms with Crippen molar-refractivity contribution >= 4 is 35.1 Å². The zero-order valence-electron chi connectivity index (χ0n) is 20.1. The molecular formula is C25H31N3O6S. The second kappa shape index (κ2) is 14.6. The Balaban J connectivity index is 1.69. The molecule has 2 amide bonds. The van der Waals surface area contributed by atoms with Crippen molar-refractivity contribution in [2.24, 2.45) is 5.92 Å². The van der Waals surface area contributed by atoms with Crippen LogP contribution in [0, 0.1) is 5.92 Å². The summed E-state index contributed by atoms with van der Waals surface area (Å²) < 4.78 is 16.1. The second-order valence-electron chi connectivity index (χ2n) is 7.96. The summed E-state index contributed by atoms with van der Waals surface area (Å²) in [6.45, 7) is 6.82. The maximum Gasteiger partial charge on any atom is 0.338 e. The molecule has 0 aliphatic heterocycles. The van der Waals surface area contributed by atoms with Crippen LogP contribution in [0.5, 0.6) is 11.5 Å². The summed E-state index contributed by atoms with van der Waals surface area (Å²) in [6.07, 6.45) is 1.69. The SMILES string of the molecule is CCCOC(=O)c1ccc(OCC(=O)NNC(=S)NC(=O)c2ccc(OCCC(C)C)cc2)cc1. The molecular weight excluding hydrogens is 470 g/mol. The van der Waals surface area contributed by atoms with Crippen molar-refractivity contribution in [1.82, 2.24) is 16.2 Å². The van der Waals surface area contributed by atoms with Crippen LogP contribution in [0.2, 0.25) is 0 Å². The van der Waals surface area contributed by atoms with E-state index in [1.54, 1.807) is 48.5 Å². The fourth-order valence-corrected chi connectivity index (χ4v) is 2.74. The van der Waals surface area contributed by atoms with Gasteiger partial charge in [0.1, 0.15) is 11.5 Å². The number of ether oxygens (including phenoxy) is 3. The van der Waals surface area contributed by atoms with Gasteiger partial charge < -0.3 is 14.2 Å². The van der Waals surface area contributed by atoms with Crippen LogP contribution in [0.15, 0.2) is 48.5 Å². The van der Waals surface area contributed by atoms with Gasteiger partial charge >= 0.3 is 5.97 Å². The van der Waals surface area contributed by atoms with Crippen molar-refractivity contribution in [3.05, 3.63) is 59.7 Å². The van der Waals surface area contributed by atoms with Gasteiger partial charge in [0, 0.05) is 5.56 Å². The summed E-state index contributed by atoms with van der Waals surface area (Å²) in [5.74, 6) is 0.271. The first-order valence-electron chi connectivity index (χ1n) is 11.3. The van der Waals surface area contributed by atoms with E-state index in [0.29, 0.717) is 41.8 Å². The monoisotopic (exact) mass is 501 g/mol. The first kappa shape index (κ1) is 27.6. The summed E-state index contributed by atoms with van der Waals surface area (Å²) in [6, 6.07) is 12.9. The van der Waals surface area contributed by atoms with Gasteiger partial charge in [-0.2, -0.15) is 0 Å². The number of rotatable bonds is 11. The summed E-state index contributed by atoms with van der Waals surface area (Å²) in [5, 5.41) is 2.40. The second-order valence-corrected chi connectivity index (χ2v) is 8.37. The predicted molar refractivity (Wildman–Crippen MR) is 135 cm³/mol. The first-order chi connectivity index (χ1) is 16.8. The highest BCUT2D eigenvalue weighted by atomic mass is 32.1. The minimum Gasteiger partial charge on any atom is -0.494 e. The number of hydrogen-bond donors (Lipinski definition) is 3. The van der Waals surface area contributed by atoms with Crippen molar-refractivity contribution in [3.63, 3.8) is 0 Å². The molecule has 0 aliphatic carbocycles. The lowest BCUT2D eigenvalue weighted by Gasteiger charge is -2.12. The number of carbonyl (C=O) groups excluding carboxylic acids is 3. The summed E-state index contributed by atoms with van der Waals surface area (Å²) in [4.78, 5) is 36.1. The van der Waals surface area contributed by atoms with E-state index in [9.17, 15) is 14.4 Å². The third-order valence-corrected chi connectivity index (χ3v) is 4.72. The molecule has 2 aromatic carbocycles. The zero-order chi connectivity index (χ0) is 25.6. The smallest absolute Gasteiger partial charge is 0.338 e. The number of benzene rings is 2.